The van der Waals surface area contributed by atoms with Crippen LogP contribution in [0.4, 0.5) is 13.2 Å². The number of carbonyl (C=O) groups excluding carboxylic acids is 2. The van der Waals surface area contributed by atoms with E-state index in [1.54, 1.807) is 0 Å². The van der Waals surface area contributed by atoms with Crippen molar-refractivity contribution in [1.82, 2.24) is 10.3 Å². The molecule has 3 N–H and O–H groups in total. The number of rotatable bonds is 9. The number of benzene rings is 3. The van der Waals surface area contributed by atoms with Crippen LogP contribution in [0.3, 0.4) is 0 Å². The maximum atomic E-state index is 12.4. The summed E-state index contributed by atoms with van der Waals surface area (Å²) in [4.78, 5) is 29.9. The zero-order chi connectivity index (χ0) is 29.0. The van der Waals surface area contributed by atoms with E-state index >= 15 is 0 Å². The molecule has 7 nitrogen and oxygen atoms in total. The van der Waals surface area contributed by atoms with Crippen molar-refractivity contribution in [3.63, 3.8) is 0 Å². The standard InChI is InChI=1S/C30H26F3N3O4S/c31-30(32,33)40-21-13-11-20(12-14-21)39-17-26(37)35-16-27-36-28(29(34)38)25(41-27)15-24-22-7-3-1-5-18(22)9-10-19-6-2-4-8-23(19)24/h1-8,11-14,24H,9-10,15-17H2,(H2,34,38)(H,35,37). The lowest BCUT2D eigenvalue weighted by molar-refractivity contribution is -0.274. The fourth-order valence-corrected chi connectivity index (χ4v) is 6.02. The van der Waals surface area contributed by atoms with Gasteiger partial charge in [-0.15, -0.1) is 24.5 Å². The maximum absolute atomic E-state index is 12.4. The minimum absolute atomic E-state index is 0.0206. The summed E-state index contributed by atoms with van der Waals surface area (Å²) in [6.45, 7) is -0.306. The fraction of sp³-hybridized carbons (Fsp3) is 0.233. The van der Waals surface area contributed by atoms with Crippen LogP contribution >= 0.6 is 11.3 Å². The summed E-state index contributed by atoms with van der Waals surface area (Å²) >= 11 is 1.33. The van der Waals surface area contributed by atoms with Gasteiger partial charge in [0.25, 0.3) is 11.8 Å². The molecule has 0 unspecified atom stereocenters. The molecule has 212 valence electrons. The number of halogens is 3. The van der Waals surface area contributed by atoms with Gasteiger partial charge in [-0.2, -0.15) is 0 Å². The zero-order valence-corrected chi connectivity index (χ0v) is 22.6. The summed E-state index contributed by atoms with van der Waals surface area (Å²) < 4.78 is 46.1. The van der Waals surface area contributed by atoms with Gasteiger partial charge in [0.15, 0.2) is 6.61 Å². The number of thiazole rings is 1. The van der Waals surface area contributed by atoms with Crippen molar-refractivity contribution in [2.75, 3.05) is 6.61 Å². The third-order valence-corrected chi connectivity index (χ3v) is 7.83. The Balaban J connectivity index is 1.26. The van der Waals surface area contributed by atoms with Crippen LogP contribution < -0.4 is 20.5 Å². The number of nitrogens with one attached hydrogen (secondary N) is 1. The SMILES string of the molecule is NC(=O)c1nc(CNC(=O)COc2ccc(OC(F)(F)F)cc2)sc1CC1c2ccccc2CCc2ccccc21. The van der Waals surface area contributed by atoms with Gasteiger partial charge >= 0.3 is 6.36 Å². The van der Waals surface area contributed by atoms with Gasteiger partial charge < -0.3 is 20.5 Å². The Morgan fingerprint density at radius 2 is 1.51 bits per heavy atom. The van der Waals surface area contributed by atoms with E-state index < -0.39 is 23.9 Å². The second kappa shape index (κ2) is 12.0. The highest BCUT2D eigenvalue weighted by Crippen LogP contribution is 2.38. The van der Waals surface area contributed by atoms with Crippen molar-refractivity contribution < 1.29 is 32.2 Å². The average Bonchev–Trinajstić information content (AvgIpc) is 3.29. The number of nitrogens with two attached hydrogens (primary N) is 1. The molecule has 3 aromatic carbocycles. The molecule has 0 spiro atoms. The number of aromatic nitrogens is 1. The minimum Gasteiger partial charge on any atom is -0.484 e. The topological polar surface area (TPSA) is 104 Å². The molecule has 0 saturated carbocycles. The van der Waals surface area contributed by atoms with Gasteiger partial charge in [-0.05, 0) is 65.8 Å². The van der Waals surface area contributed by atoms with Crippen LogP contribution in [-0.4, -0.2) is 29.8 Å². The molecule has 0 radical (unpaired) electrons. The Bertz CT molecular complexity index is 1510. The number of alkyl halides is 3. The summed E-state index contributed by atoms with van der Waals surface area (Å²) in [7, 11) is 0. The Morgan fingerprint density at radius 1 is 0.927 bits per heavy atom. The third kappa shape index (κ3) is 7.04. The Kier molecular flexibility index (Phi) is 8.25. The van der Waals surface area contributed by atoms with Gasteiger partial charge in [-0.25, -0.2) is 4.98 Å². The summed E-state index contributed by atoms with van der Waals surface area (Å²) in [5.41, 5.74) is 10.9. The van der Waals surface area contributed by atoms with Crippen molar-refractivity contribution in [3.8, 4) is 11.5 Å². The first-order valence-electron chi connectivity index (χ1n) is 12.9. The molecule has 4 aromatic rings. The molecule has 0 fully saturated rings. The molecule has 1 aliphatic carbocycles. The molecular formula is C30H26F3N3O4S. The lowest BCUT2D eigenvalue weighted by atomic mass is 9.85. The summed E-state index contributed by atoms with van der Waals surface area (Å²) in [5, 5.41) is 3.21. The zero-order valence-electron chi connectivity index (χ0n) is 21.7. The van der Waals surface area contributed by atoms with Crippen LogP contribution in [0.1, 0.15) is 48.5 Å². The monoisotopic (exact) mass is 581 g/mol. The van der Waals surface area contributed by atoms with E-state index in [0.29, 0.717) is 11.4 Å². The number of hydrogen-bond donors (Lipinski definition) is 2. The van der Waals surface area contributed by atoms with Gasteiger partial charge in [0.05, 0.1) is 6.54 Å². The highest BCUT2D eigenvalue weighted by molar-refractivity contribution is 7.11. The molecule has 0 saturated heterocycles. The van der Waals surface area contributed by atoms with E-state index in [4.69, 9.17) is 10.5 Å². The van der Waals surface area contributed by atoms with Crippen LogP contribution in [0, 0.1) is 0 Å². The molecule has 1 aromatic heterocycles. The summed E-state index contributed by atoms with van der Waals surface area (Å²) in [5.74, 6) is -1.27. The van der Waals surface area contributed by atoms with Crippen LogP contribution in [0.5, 0.6) is 11.5 Å². The van der Waals surface area contributed by atoms with Crippen molar-refractivity contribution in [1.29, 1.82) is 0 Å². The van der Waals surface area contributed by atoms with Crippen molar-refractivity contribution in [2.45, 2.75) is 38.1 Å². The van der Waals surface area contributed by atoms with Gasteiger partial charge in [0, 0.05) is 10.8 Å². The smallest absolute Gasteiger partial charge is 0.484 e. The first-order chi connectivity index (χ1) is 19.7. The molecule has 5 rings (SSSR count). The van der Waals surface area contributed by atoms with Gasteiger partial charge in [0.1, 0.15) is 22.2 Å². The molecule has 41 heavy (non-hydrogen) atoms. The molecule has 2 amide bonds. The van der Waals surface area contributed by atoms with Crippen LogP contribution in [0.25, 0.3) is 0 Å². The number of hydrogen-bond acceptors (Lipinski definition) is 6. The Morgan fingerprint density at radius 3 is 2.10 bits per heavy atom. The predicted molar refractivity (Wildman–Crippen MR) is 147 cm³/mol. The van der Waals surface area contributed by atoms with E-state index in [9.17, 15) is 22.8 Å². The van der Waals surface area contributed by atoms with Crippen LogP contribution in [0.2, 0.25) is 0 Å². The molecule has 11 heteroatoms. The molecule has 1 heterocycles. The van der Waals surface area contributed by atoms with E-state index in [1.807, 2.05) is 24.3 Å². The number of primary amides is 1. The lowest BCUT2D eigenvalue weighted by Crippen LogP contribution is -2.28. The molecule has 0 atom stereocenters. The number of amides is 2. The Labute approximate surface area is 238 Å². The summed E-state index contributed by atoms with van der Waals surface area (Å²) in [6.07, 6.45) is -2.40. The molecular weight excluding hydrogens is 555 g/mol. The molecule has 1 aliphatic rings. The van der Waals surface area contributed by atoms with Crippen LogP contribution in [0.15, 0.2) is 72.8 Å². The average molecular weight is 582 g/mol. The molecule has 0 bridgehead atoms. The van der Waals surface area contributed by atoms with Gasteiger partial charge in [-0.3, -0.25) is 9.59 Å². The second-order valence-corrected chi connectivity index (χ2v) is 10.7. The van der Waals surface area contributed by atoms with Gasteiger partial charge in [-0.1, -0.05) is 48.5 Å². The number of ether oxygens (including phenoxy) is 2. The van der Waals surface area contributed by atoms with Crippen LogP contribution in [-0.2, 0) is 30.6 Å². The van der Waals surface area contributed by atoms with E-state index in [1.165, 1.54) is 45.7 Å². The van der Waals surface area contributed by atoms with E-state index in [-0.39, 0.29) is 30.5 Å². The van der Waals surface area contributed by atoms with E-state index in [2.05, 4.69) is 39.3 Å². The lowest BCUT2D eigenvalue weighted by Gasteiger charge is -2.20. The van der Waals surface area contributed by atoms with E-state index in [0.717, 1.165) is 29.9 Å². The third-order valence-electron chi connectivity index (χ3n) is 6.75. The number of fused-ring (bicyclic) bond motifs is 2. The first-order valence-corrected chi connectivity index (χ1v) is 13.7. The maximum Gasteiger partial charge on any atom is 0.573 e. The second-order valence-electron chi connectivity index (χ2n) is 9.48. The normalized spacial score (nSPS) is 13.0. The van der Waals surface area contributed by atoms with Crippen molar-refractivity contribution in [3.05, 3.63) is 111 Å². The first kappa shape index (κ1) is 28.2. The molecule has 0 aliphatic heterocycles. The minimum atomic E-state index is -4.79. The van der Waals surface area contributed by atoms with Gasteiger partial charge in [0.2, 0.25) is 0 Å². The largest absolute Gasteiger partial charge is 0.573 e. The number of nitrogens with zero attached hydrogens (tertiary/aromatic N) is 1. The quantitative estimate of drug-likeness (QED) is 0.279. The van der Waals surface area contributed by atoms with Crippen molar-refractivity contribution in [2.24, 2.45) is 5.73 Å². The fourth-order valence-electron chi connectivity index (χ4n) is 4.96. The van der Waals surface area contributed by atoms with Crippen molar-refractivity contribution >= 4 is 23.2 Å². The predicted octanol–water partition coefficient (Wildman–Crippen LogP) is 5.31. The number of aryl methyl sites for hydroxylation is 2. The highest BCUT2D eigenvalue weighted by Gasteiger charge is 2.31. The Hall–Kier alpha value is -4.38. The highest BCUT2D eigenvalue weighted by atomic mass is 32.1. The number of carbonyl (C=O) groups is 2. The summed E-state index contributed by atoms with van der Waals surface area (Å²) in [6, 6.07) is 21.4.